The summed E-state index contributed by atoms with van der Waals surface area (Å²) in [7, 11) is 4.27. The Labute approximate surface area is 112 Å². The predicted molar refractivity (Wildman–Crippen MR) is 80.0 cm³/mol. The van der Waals surface area contributed by atoms with Gasteiger partial charge in [0.05, 0.1) is 0 Å². The lowest BCUT2D eigenvalue weighted by molar-refractivity contribution is 0.158. The first-order valence-corrected chi connectivity index (χ1v) is 6.97. The number of likely N-dealkylation sites (N-methyl/N-ethyl adjacent to an activating group) is 2. The molecule has 1 aromatic rings. The highest BCUT2D eigenvalue weighted by Crippen LogP contribution is 2.22. The Morgan fingerprint density at radius 2 is 1.72 bits per heavy atom. The summed E-state index contributed by atoms with van der Waals surface area (Å²) in [5.74, 6) is 0. The van der Waals surface area contributed by atoms with Gasteiger partial charge >= 0.3 is 0 Å². The standard InChI is InChI=1S/C16H28N2/c1-7-13(3)18(6)14(4)16(17-5)15-10-8-12(2)9-11-15/h8-11,13-14,16-17H,7H2,1-6H3. The molecule has 0 amide bonds. The molecule has 3 unspecified atom stereocenters. The van der Waals surface area contributed by atoms with Crippen LogP contribution in [0.2, 0.25) is 0 Å². The summed E-state index contributed by atoms with van der Waals surface area (Å²) in [5, 5.41) is 3.46. The Morgan fingerprint density at radius 1 is 1.17 bits per heavy atom. The van der Waals surface area contributed by atoms with Crippen molar-refractivity contribution >= 4 is 0 Å². The Hall–Kier alpha value is -0.860. The van der Waals surface area contributed by atoms with E-state index in [4.69, 9.17) is 0 Å². The molecule has 0 saturated carbocycles. The third-order valence-electron chi connectivity index (χ3n) is 4.16. The van der Waals surface area contributed by atoms with Gasteiger partial charge in [0.2, 0.25) is 0 Å². The minimum absolute atomic E-state index is 0.379. The van der Waals surface area contributed by atoms with Crippen LogP contribution in [0.25, 0.3) is 0 Å². The Balaban J connectivity index is 2.85. The molecule has 2 heteroatoms. The minimum Gasteiger partial charge on any atom is -0.312 e. The highest BCUT2D eigenvalue weighted by molar-refractivity contribution is 5.25. The summed E-state index contributed by atoms with van der Waals surface area (Å²) in [6.07, 6.45) is 1.19. The summed E-state index contributed by atoms with van der Waals surface area (Å²) >= 11 is 0. The quantitative estimate of drug-likeness (QED) is 0.830. The second-order valence-corrected chi connectivity index (χ2v) is 5.34. The van der Waals surface area contributed by atoms with Gasteiger partial charge in [0, 0.05) is 18.1 Å². The molecular weight excluding hydrogens is 220 g/mol. The SMILES string of the molecule is CCC(C)N(C)C(C)C(NC)c1ccc(C)cc1. The maximum Gasteiger partial charge on any atom is 0.0472 e. The molecule has 0 radical (unpaired) electrons. The number of hydrogen-bond donors (Lipinski definition) is 1. The van der Waals surface area contributed by atoms with Crippen molar-refractivity contribution in [2.75, 3.05) is 14.1 Å². The first-order valence-electron chi connectivity index (χ1n) is 6.97. The zero-order chi connectivity index (χ0) is 13.7. The second kappa shape index (κ2) is 6.91. The van der Waals surface area contributed by atoms with E-state index in [2.05, 4.69) is 69.2 Å². The van der Waals surface area contributed by atoms with E-state index in [0.717, 1.165) is 0 Å². The molecule has 0 aliphatic rings. The van der Waals surface area contributed by atoms with Gasteiger partial charge in [-0.2, -0.15) is 0 Å². The van der Waals surface area contributed by atoms with Crippen LogP contribution in [0, 0.1) is 6.92 Å². The number of nitrogens with zero attached hydrogens (tertiary/aromatic N) is 1. The first-order chi connectivity index (χ1) is 8.51. The second-order valence-electron chi connectivity index (χ2n) is 5.34. The van der Waals surface area contributed by atoms with Crippen LogP contribution in [0.1, 0.15) is 44.4 Å². The van der Waals surface area contributed by atoms with Crippen molar-refractivity contribution in [3.8, 4) is 0 Å². The van der Waals surface area contributed by atoms with Crippen LogP contribution < -0.4 is 5.32 Å². The maximum atomic E-state index is 3.46. The normalized spacial score (nSPS) is 16.6. The molecule has 0 spiro atoms. The molecule has 0 bridgehead atoms. The third kappa shape index (κ3) is 3.56. The monoisotopic (exact) mass is 248 g/mol. The predicted octanol–water partition coefficient (Wildman–Crippen LogP) is 3.37. The average Bonchev–Trinajstić information content (AvgIpc) is 2.39. The van der Waals surface area contributed by atoms with Crippen LogP contribution in [-0.4, -0.2) is 31.1 Å². The fourth-order valence-corrected chi connectivity index (χ4v) is 2.38. The van der Waals surface area contributed by atoms with Crippen molar-refractivity contribution in [2.24, 2.45) is 0 Å². The van der Waals surface area contributed by atoms with Crippen LogP contribution in [0.15, 0.2) is 24.3 Å². The fourth-order valence-electron chi connectivity index (χ4n) is 2.38. The van der Waals surface area contributed by atoms with E-state index < -0.39 is 0 Å². The van der Waals surface area contributed by atoms with E-state index >= 15 is 0 Å². The van der Waals surface area contributed by atoms with Gasteiger partial charge < -0.3 is 5.32 Å². The van der Waals surface area contributed by atoms with Gasteiger partial charge in [-0.25, -0.2) is 0 Å². The van der Waals surface area contributed by atoms with E-state index in [0.29, 0.717) is 18.1 Å². The zero-order valence-corrected chi connectivity index (χ0v) is 12.7. The largest absolute Gasteiger partial charge is 0.312 e. The molecule has 0 fully saturated rings. The average molecular weight is 248 g/mol. The molecular formula is C16H28N2. The van der Waals surface area contributed by atoms with Gasteiger partial charge in [-0.05, 0) is 46.9 Å². The summed E-state index contributed by atoms with van der Waals surface area (Å²) in [5.41, 5.74) is 2.68. The molecule has 0 saturated heterocycles. The van der Waals surface area contributed by atoms with Gasteiger partial charge in [0.25, 0.3) is 0 Å². The van der Waals surface area contributed by atoms with Crippen molar-refractivity contribution in [3.05, 3.63) is 35.4 Å². The molecule has 2 nitrogen and oxygen atoms in total. The number of aryl methyl sites for hydroxylation is 1. The van der Waals surface area contributed by atoms with E-state index in [1.807, 2.05) is 7.05 Å². The van der Waals surface area contributed by atoms with Crippen molar-refractivity contribution in [1.82, 2.24) is 10.2 Å². The van der Waals surface area contributed by atoms with Crippen molar-refractivity contribution in [3.63, 3.8) is 0 Å². The van der Waals surface area contributed by atoms with Gasteiger partial charge in [0.15, 0.2) is 0 Å². The van der Waals surface area contributed by atoms with E-state index in [1.165, 1.54) is 17.5 Å². The van der Waals surface area contributed by atoms with E-state index in [9.17, 15) is 0 Å². The van der Waals surface area contributed by atoms with Crippen molar-refractivity contribution in [1.29, 1.82) is 0 Å². The lowest BCUT2D eigenvalue weighted by atomic mass is 9.97. The van der Waals surface area contributed by atoms with Crippen molar-refractivity contribution in [2.45, 2.75) is 52.2 Å². The number of hydrogen-bond acceptors (Lipinski definition) is 2. The molecule has 102 valence electrons. The molecule has 0 heterocycles. The van der Waals surface area contributed by atoms with E-state index in [-0.39, 0.29) is 0 Å². The number of rotatable bonds is 6. The van der Waals surface area contributed by atoms with Crippen LogP contribution >= 0.6 is 0 Å². The van der Waals surface area contributed by atoms with Crippen LogP contribution in [0.3, 0.4) is 0 Å². The maximum absolute atomic E-state index is 3.46. The highest BCUT2D eigenvalue weighted by atomic mass is 15.2. The smallest absolute Gasteiger partial charge is 0.0472 e. The molecule has 0 aliphatic carbocycles. The lowest BCUT2D eigenvalue weighted by Gasteiger charge is -2.36. The van der Waals surface area contributed by atoms with Crippen LogP contribution in [0.5, 0.6) is 0 Å². The molecule has 1 rings (SSSR count). The summed E-state index contributed by atoms with van der Waals surface area (Å²) in [6.45, 7) is 8.96. The molecule has 1 aromatic carbocycles. The summed E-state index contributed by atoms with van der Waals surface area (Å²) < 4.78 is 0. The Bertz CT molecular complexity index is 345. The Kier molecular flexibility index (Phi) is 5.83. The number of nitrogens with one attached hydrogen (secondary N) is 1. The molecule has 0 aliphatic heterocycles. The fraction of sp³-hybridized carbons (Fsp3) is 0.625. The molecule has 0 aromatic heterocycles. The topological polar surface area (TPSA) is 15.3 Å². The van der Waals surface area contributed by atoms with Crippen LogP contribution in [-0.2, 0) is 0 Å². The summed E-state index contributed by atoms with van der Waals surface area (Å²) in [4.78, 5) is 2.46. The van der Waals surface area contributed by atoms with Crippen LogP contribution in [0.4, 0.5) is 0 Å². The molecule has 18 heavy (non-hydrogen) atoms. The van der Waals surface area contributed by atoms with Gasteiger partial charge in [0.1, 0.15) is 0 Å². The van der Waals surface area contributed by atoms with Gasteiger partial charge in [-0.3, -0.25) is 4.90 Å². The highest BCUT2D eigenvalue weighted by Gasteiger charge is 2.23. The minimum atomic E-state index is 0.379. The molecule has 3 atom stereocenters. The van der Waals surface area contributed by atoms with E-state index in [1.54, 1.807) is 0 Å². The lowest BCUT2D eigenvalue weighted by Crippen LogP contribution is -2.43. The summed E-state index contributed by atoms with van der Waals surface area (Å²) in [6, 6.07) is 10.3. The third-order valence-corrected chi connectivity index (χ3v) is 4.16. The zero-order valence-electron chi connectivity index (χ0n) is 12.7. The Morgan fingerprint density at radius 3 is 2.17 bits per heavy atom. The number of benzene rings is 1. The van der Waals surface area contributed by atoms with Crippen molar-refractivity contribution < 1.29 is 0 Å². The van der Waals surface area contributed by atoms with Gasteiger partial charge in [-0.15, -0.1) is 0 Å². The first kappa shape index (κ1) is 15.2. The molecule has 1 N–H and O–H groups in total. The van der Waals surface area contributed by atoms with Gasteiger partial charge in [-0.1, -0.05) is 36.8 Å².